The highest BCUT2D eigenvalue weighted by molar-refractivity contribution is 5.83. The molecule has 0 heterocycles. The van der Waals surface area contributed by atoms with Gasteiger partial charge in [0.2, 0.25) is 5.91 Å². The quantitative estimate of drug-likeness (QED) is 0.633. The number of carbonyl (C=O) groups excluding carboxylic acids is 2. The molecule has 7 nitrogen and oxygen atoms in total. The number of urea groups is 1. The first-order valence-corrected chi connectivity index (χ1v) is 6.93. The third-order valence-electron chi connectivity index (χ3n) is 3.63. The normalized spacial score (nSPS) is 16.6. The van der Waals surface area contributed by atoms with Gasteiger partial charge in [-0.3, -0.25) is 4.79 Å². The minimum absolute atomic E-state index is 0.00761. The van der Waals surface area contributed by atoms with Gasteiger partial charge >= 0.3 is 12.0 Å². The number of hydrogen-bond acceptors (Lipinski definition) is 3. The third kappa shape index (κ3) is 5.46. The Hall–Kier alpha value is -1.79. The standard InChI is InChI=1S/C13H23N3O4/c1-16(8-9-4-2-3-5-9)13(20)15-10(12(18)19)6-7-11(14)17/h9-10H,2-8H2,1H3,(H2,14,17)(H,15,20)(H,18,19)/t10-/m0/s1. The highest BCUT2D eigenvalue weighted by atomic mass is 16.4. The van der Waals surface area contributed by atoms with Crippen LogP contribution in [-0.2, 0) is 9.59 Å². The van der Waals surface area contributed by atoms with E-state index in [4.69, 9.17) is 10.8 Å². The van der Waals surface area contributed by atoms with Crippen molar-refractivity contribution in [2.75, 3.05) is 13.6 Å². The van der Waals surface area contributed by atoms with Crippen LogP contribution in [0.5, 0.6) is 0 Å². The van der Waals surface area contributed by atoms with Crippen LogP contribution >= 0.6 is 0 Å². The Morgan fingerprint density at radius 1 is 1.35 bits per heavy atom. The molecule has 3 amide bonds. The van der Waals surface area contributed by atoms with Gasteiger partial charge < -0.3 is 21.1 Å². The molecule has 1 saturated carbocycles. The Kier molecular flexibility index (Phi) is 6.27. The highest BCUT2D eigenvalue weighted by Crippen LogP contribution is 2.25. The number of hydrogen-bond donors (Lipinski definition) is 3. The van der Waals surface area contributed by atoms with E-state index >= 15 is 0 Å². The summed E-state index contributed by atoms with van der Waals surface area (Å²) in [4.78, 5) is 35.1. The van der Waals surface area contributed by atoms with Crippen molar-refractivity contribution in [3.05, 3.63) is 0 Å². The predicted molar refractivity (Wildman–Crippen MR) is 73.0 cm³/mol. The molecule has 0 aromatic rings. The van der Waals surface area contributed by atoms with E-state index in [1.807, 2.05) is 0 Å². The molecule has 0 unspecified atom stereocenters. The number of nitrogens with zero attached hydrogens (tertiary/aromatic N) is 1. The van der Waals surface area contributed by atoms with Gasteiger partial charge in [0.15, 0.2) is 0 Å². The zero-order valence-electron chi connectivity index (χ0n) is 11.8. The molecule has 0 aliphatic heterocycles. The van der Waals surface area contributed by atoms with Gasteiger partial charge in [0.05, 0.1) is 0 Å². The van der Waals surface area contributed by atoms with Gasteiger partial charge in [-0.15, -0.1) is 0 Å². The Bertz CT molecular complexity index is 367. The van der Waals surface area contributed by atoms with E-state index < -0.39 is 23.9 Å². The van der Waals surface area contributed by atoms with E-state index in [1.54, 1.807) is 7.05 Å². The molecule has 20 heavy (non-hydrogen) atoms. The average molecular weight is 285 g/mol. The number of nitrogens with two attached hydrogens (primary N) is 1. The predicted octanol–water partition coefficient (Wildman–Crippen LogP) is 0.537. The summed E-state index contributed by atoms with van der Waals surface area (Å²) in [6.45, 7) is 0.633. The monoisotopic (exact) mass is 285 g/mol. The second-order valence-corrected chi connectivity index (χ2v) is 5.38. The fourth-order valence-corrected chi connectivity index (χ4v) is 2.47. The Morgan fingerprint density at radius 2 is 1.95 bits per heavy atom. The van der Waals surface area contributed by atoms with Crippen LogP contribution in [0, 0.1) is 5.92 Å². The number of carboxylic acid groups (broad SMARTS) is 1. The molecular weight excluding hydrogens is 262 g/mol. The summed E-state index contributed by atoms with van der Waals surface area (Å²) >= 11 is 0. The van der Waals surface area contributed by atoms with Crippen LogP contribution in [0.3, 0.4) is 0 Å². The van der Waals surface area contributed by atoms with Gasteiger partial charge in [-0.2, -0.15) is 0 Å². The SMILES string of the molecule is CN(CC1CCCC1)C(=O)N[C@@H](CCC(N)=O)C(=O)O. The molecule has 114 valence electrons. The first kappa shape index (κ1) is 16.3. The van der Waals surface area contributed by atoms with Crippen molar-refractivity contribution in [3.63, 3.8) is 0 Å². The maximum absolute atomic E-state index is 11.9. The average Bonchev–Trinajstić information content (AvgIpc) is 2.86. The smallest absolute Gasteiger partial charge is 0.326 e. The number of amides is 3. The molecule has 0 bridgehead atoms. The molecule has 1 rings (SSSR count). The summed E-state index contributed by atoms with van der Waals surface area (Å²) < 4.78 is 0. The summed E-state index contributed by atoms with van der Waals surface area (Å²) in [5.74, 6) is -1.24. The lowest BCUT2D eigenvalue weighted by Crippen LogP contribution is -2.47. The Labute approximate surface area is 118 Å². The van der Waals surface area contributed by atoms with Gasteiger partial charge in [-0.05, 0) is 25.2 Å². The van der Waals surface area contributed by atoms with E-state index in [1.165, 1.54) is 17.7 Å². The van der Waals surface area contributed by atoms with Gasteiger partial charge in [0.25, 0.3) is 0 Å². The molecule has 0 aromatic heterocycles. The minimum atomic E-state index is -1.16. The van der Waals surface area contributed by atoms with Crippen molar-refractivity contribution in [3.8, 4) is 0 Å². The summed E-state index contributed by atoms with van der Waals surface area (Å²) in [5.41, 5.74) is 4.99. The lowest BCUT2D eigenvalue weighted by molar-refractivity contribution is -0.139. The molecule has 0 spiro atoms. The molecule has 0 radical (unpaired) electrons. The second kappa shape index (κ2) is 7.72. The summed E-state index contributed by atoms with van der Waals surface area (Å²) in [6, 6.07) is -1.50. The van der Waals surface area contributed by atoms with E-state index in [2.05, 4.69) is 5.32 Å². The molecule has 1 fully saturated rings. The number of carboxylic acids is 1. The van der Waals surface area contributed by atoms with Gasteiger partial charge in [0, 0.05) is 20.0 Å². The maximum Gasteiger partial charge on any atom is 0.326 e. The van der Waals surface area contributed by atoms with Crippen molar-refractivity contribution in [1.82, 2.24) is 10.2 Å². The first-order valence-electron chi connectivity index (χ1n) is 6.93. The van der Waals surface area contributed by atoms with Crippen molar-refractivity contribution < 1.29 is 19.5 Å². The fourth-order valence-electron chi connectivity index (χ4n) is 2.47. The second-order valence-electron chi connectivity index (χ2n) is 5.38. The number of carbonyl (C=O) groups is 3. The van der Waals surface area contributed by atoms with E-state index in [9.17, 15) is 14.4 Å². The topological polar surface area (TPSA) is 113 Å². The van der Waals surface area contributed by atoms with Crippen LogP contribution in [0.1, 0.15) is 38.5 Å². The molecule has 7 heteroatoms. The van der Waals surface area contributed by atoms with E-state index in [-0.39, 0.29) is 12.8 Å². The first-order chi connectivity index (χ1) is 9.40. The summed E-state index contributed by atoms with van der Waals surface area (Å²) in [7, 11) is 1.65. The maximum atomic E-state index is 11.9. The van der Waals surface area contributed by atoms with Crippen LogP contribution < -0.4 is 11.1 Å². The van der Waals surface area contributed by atoms with Crippen molar-refractivity contribution in [2.24, 2.45) is 11.7 Å². The zero-order chi connectivity index (χ0) is 15.1. The lowest BCUT2D eigenvalue weighted by Gasteiger charge is -2.23. The fraction of sp³-hybridized carbons (Fsp3) is 0.769. The van der Waals surface area contributed by atoms with Gasteiger partial charge in [0.1, 0.15) is 6.04 Å². The summed E-state index contributed by atoms with van der Waals surface area (Å²) in [5, 5.41) is 11.4. The van der Waals surface area contributed by atoms with Crippen molar-refractivity contribution in [2.45, 2.75) is 44.6 Å². The third-order valence-corrected chi connectivity index (χ3v) is 3.63. The molecule has 0 aromatic carbocycles. The summed E-state index contributed by atoms with van der Waals surface area (Å²) in [6.07, 6.45) is 4.55. The van der Waals surface area contributed by atoms with Crippen LogP contribution in [0.4, 0.5) is 4.79 Å². The van der Waals surface area contributed by atoms with E-state index in [0.717, 1.165) is 12.8 Å². The number of aliphatic carboxylic acids is 1. The Balaban J connectivity index is 2.42. The van der Waals surface area contributed by atoms with Crippen LogP contribution in [-0.4, -0.2) is 47.5 Å². The van der Waals surface area contributed by atoms with Gasteiger partial charge in [-0.25, -0.2) is 9.59 Å². The van der Waals surface area contributed by atoms with Crippen LogP contribution in [0.15, 0.2) is 0 Å². The highest BCUT2D eigenvalue weighted by Gasteiger charge is 2.24. The molecule has 1 aliphatic carbocycles. The number of primary amides is 1. The van der Waals surface area contributed by atoms with Crippen LogP contribution in [0.2, 0.25) is 0 Å². The number of nitrogens with one attached hydrogen (secondary N) is 1. The molecule has 1 atom stereocenters. The molecule has 1 aliphatic rings. The van der Waals surface area contributed by atoms with Crippen LogP contribution in [0.25, 0.3) is 0 Å². The lowest BCUT2D eigenvalue weighted by atomic mass is 10.1. The molecule has 0 saturated heterocycles. The van der Waals surface area contributed by atoms with E-state index in [0.29, 0.717) is 12.5 Å². The minimum Gasteiger partial charge on any atom is -0.480 e. The number of rotatable bonds is 7. The Morgan fingerprint density at radius 3 is 2.45 bits per heavy atom. The molecule has 4 N–H and O–H groups in total. The van der Waals surface area contributed by atoms with Crippen molar-refractivity contribution >= 4 is 17.9 Å². The van der Waals surface area contributed by atoms with Crippen molar-refractivity contribution in [1.29, 1.82) is 0 Å². The largest absolute Gasteiger partial charge is 0.480 e. The van der Waals surface area contributed by atoms with Gasteiger partial charge in [-0.1, -0.05) is 12.8 Å². The molecular formula is C13H23N3O4. The zero-order valence-corrected chi connectivity index (χ0v) is 11.8.